The molecular formula is C15H21NO3S. The minimum absolute atomic E-state index is 0.0222. The maximum atomic E-state index is 12.1. The van der Waals surface area contributed by atoms with E-state index in [2.05, 4.69) is 0 Å². The van der Waals surface area contributed by atoms with Crippen LogP contribution in [-0.2, 0) is 10.0 Å². The third-order valence-electron chi connectivity index (χ3n) is 4.43. The van der Waals surface area contributed by atoms with Gasteiger partial charge in [-0.3, -0.25) is 0 Å². The Morgan fingerprint density at radius 2 is 1.75 bits per heavy atom. The van der Waals surface area contributed by atoms with Gasteiger partial charge >= 0.3 is 0 Å². The summed E-state index contributed by atoms with van der Waals surface area (Å²) in [4.78, 5) is 0. The lowest BCUT2D eigenvalue weighted by molar-refractivity contribution is 0.183. The first-order chi connectivity index (χ1) is 9.62. The molecule has 3 rings (SSSR count). The van der Waals surface area contributed by atoms with Crippen molar-refractivity contribution < 1.29 is 13.2 Å². The topological polar surface area (TPSA) is 46.6 Å². The quantitative estimate of drug-likeness (QED) is 0.861. The summed E-state index contributed by atoms with van der Waals surface area (Å²) < 4.78 is 31.2. The Morgan fingerprint density at radius 1 is 1.10 bits per heavy atom. The van der Waals surface area contributed by atoms with Crippen LogP contribution in [-0.4, -0.2) is 31.6 Å². The standard InChI is InChI=1S/C15H21NO3S/c1-19-14-9-7-12(8-10-14)15-11-20(17,18)16(15)13-5-3-2-4-6-13/h7-10,13,15H,2-6,11H2,1H3. The Bertz CT molecular complexity index is 561. The average molecular weight is 295 g/mol. The van der Waals surface area contributed by atoms with Crippen LogP contribution in [0.3, 0.4) is 0 Å². The van der Waals surface area contributed by atoms with Crippen LogP contribution in [0.2, 0.25) is 0 Å². The second-order valence-corrected chi connectivity index (χ2v) is 7.61. The molecule has 1 heterocycles. The van der Waals surface area contributed by atoms with E-state index in [-0.39, 0.29) is 17.8 Å². The minimum atomic E-state index is -3.03. The maximum absolute atomic E-state index is 12.1. The summed E-state index contributed by atoms with van der Waals surface area (Å²) in [5.41, 5.74) is 1.08. The zero-order chi connectivity index (χ0) is 14.2. The van der Waals surface area contributed by atoms with E-state index in [1.54, 1.807) is 11.4 Å². The van der Waals surface area contributed by atoms with E-state index in [1.165, 1.54) is 6.42 Å². The van der Waals surface area contributed by atoms with Gasteiger partial charge in [0.15, 0.2) is 0 Å². The monoisotopic (exact) mass is 295 g/mol. The molecule has 1 aliphatic carbocycles. The van der Waals surface area contributed by atoms with Gasteiger partial charge in [-0.2, -0.15) is 4.31 Å². The first kappa shape index (κ1) is 13.9. The number of hydrogen-bond donors (Lipinski definition) is 0. The van der Waals surface area contributed by atoms with Gasteiger partial charge in [0.25, 0.3) is 0 Å². The van der Waals surface area contributed by atoms with Crippen molar-refractivity contribution in [2.75, 3.05) is 12.9 Å². The molecule has 1 aromatic rings. The lowest BCUT2D eigenvalue weighted by atomic mass is 9.94. The van der Waals surface area contributed by atoms with E-state index < -0.39 is 10.0 Å². The van der Waals surface area contributed by atoms with Crippen molar-refractivity contribution in [3.8, 4) is 5.75 Å². The van der Waals surface area contributed by atoms with Crippen molar-refractivity contribution >= 4 is 10.0 Å². The van der Waals surface area contributed by atoms with E-state index in [1.807, 2.05) is 24.3 Å². The van der Waals surface area contributed by atoms with Gasteiger partial charge in [0.1, 0.15) is 5.75 Å². The van der Waals surface area contributed by atoms with Crippen LogP contribution in [0.25, 0.3) is 0 Å². The largest absolute Gasteiger partial charge is 0.497 e. The lowest BCUT2D eigenvalue weighted by Gasteiger charge is -2.46. The summed E-state index contributed by atoms with van der Waals surface area (Å²) in [7, 11) is -1.40. The SMILES string of the molecule is COc1ccc(C2CS(=O)(=O)N2C2CCCCC2)cc1. The van der Waals surface area contributed by atoms with E-state index in [0.29, 0.717) is 0 Å². The zero-order valence-electron chi connectivity index (χ0n) is 11.8. The second kappa shape index (κ2) is 5.37. The molecule has 1 aliphatic heterocycles. The number of methoxy groups -OCH3 is 1. The van der Waals surface area contributed by atoms with Crippen LogP contribution in [0.15, 0.2) is 24.3 Å². The molecule has 2 fully saturated rings. The summed E-state index contributed by atoms with van der Waals surface area (Å²) in [5.74, 6) is 1.05. The summed E-state index contributed by atoms with van der Waals surface area (Å²) >= 11 is 0. The molecule has 0 aromatic heterocycles. The number of benzene rings is 1. The first-order valence-electron chi connectivity index (χ1n) is 7.27. The number of nitrogens with zero attached hydrogens (tertiary/aromatic N) is 1. The van der Waals surface area contributed by atoms with E-state index in [4.69, 9.17) is 4.74 Å². The van der Waals surface area contributed by atoms with Gasteiger partial charge in [-0.05, 0) is 30.5 Å². The molecule has 1 saturated heterocycles. The van der Waals surface area contributed by atoms with Gasteiger partial charge in [0.05, 0.1) is 18.9 Å². The molecule has 110 valence electrons. The summed E-state index contributed by atoms with van der Waals surface area (Å²) in [6.07, 6.45) is 5.54. The average Bonchev–Trinajstić information content (AvgIpc) is 2.46. The fourth-order valence-corrected chi connectivity index (χ4v) is 5.27. The molecule has 0 N–H and O–H groups in total. The lowest BCUT2D eigenvalue weighted by Crippen LogP contribution is -2.55. The van der Waals surface area contributed by atoms with Crippen LogP contribution < -0.4 is 4.74 Å². The van der Waals surface area contributed by atoms with Gasteiger partial charge in [-0.1, -0.05) is 31.4 Å². The summed E-state index contributed by atoms with van der Waals surface area (Å²) in [6, 6.07) is 7.99. The Kier molecular flexibility index (Phi) is 3.73. The Hall–Kier alpha value is -1.07. The van der Waals surface area contributed by atoms with Gasteiger partial charge in [-0.15, -0.1) is 0 Å². The maximum Gasteiger partial charge on any atom is 0.216 e. The van der Waals surface area contributed by atoms with E-state index in [9.17, 15) is 8.42 Å². The molecule has 1 unspecified atom stereocenters. The van der Waals surface area contributed by atoms with Crippen LogP contribution in [0.4, 0.5) is 0 Å². The van der Waals surface area contributed by atoms with Gasteiger partial charge in [-0.25, -0.2) is 8.42 Å². The van der Waals surface area contributed by atoms with Crippen molar-refractivity contribution in [1.82, 2.24) is 4.31 Å². The van der Waals surface area contributed by atoms with Crippen molar-refractivity contribution in [2.45, 2.75) is 44.2 Å². The third kappa shape index (κ3) is 2.44. The number of sulfonamides is 1. The predicted octanol–water partition coefficient (Wildman–Crippen LogP) is 2.71. The Labute approximate surface area is 120 Å². The molecule has 4 nitrogen and oxygen atoms in total. The third-order valence-corrected chi connectivity index (χ3v) is 6.36. The Morgan fingerprint density at radius 3 is 2.30 bits per heavy atom. The van der Waals surface area contributed by atoms with E-state index in [0.717, 1.165) is 37.0 Å². The molecule has 1 saturated carbocycles. The van der Waals surface area contributed by atoms with Crippen LogP contribution in [0.1, 0.15) is 43.7 Å². The molecule has 2 aliphatic rings. The van der Waals surface area contributed by atoms with Crippen LogP contribution in [0.5, 0.6) is 5.75 Å². The van der Waals surface area contributed by atoms with Gasteiger partial charge < -0.3 is 4.74 Å². The highest BCUT2D eigenvalue weighted by atomic mass is 32.2. The van der Waals surface area contributed by atoms with Crippen LogP contribution in [0, 0.1) is 0 Å². The molecule has 0 radical (unpaired) electrons. The highest BCUT2D eigenvalue weighted by Gasteiger charge is 2.47. The van der Waals surface area contributed by atoms with Crippen LogP contribution >= 0.6 is 0 Å². The Balaban J connectivity index is 1.81. The van der Waals surface area contributed by atoms with Gasteiger partial charge in [0, 0.05) is 6.04 Å². The highest BCUT2D eigenvalue weighted by molar-refractivity contribution is 7.90. The van der Waals surface area contributed by atoms with Crippen molar-refractivity contribution in [3.05, 3.63) is 29.8 Å². The molecule has 0 spiro atoms. The van der Waals surface area contributed by atoms with Crippen molar-refractivity contribution in [2.24, 2.45) is 0 Å². The van der Waals surface area contributed by atoms with Crippen molar-refractivity contribution in [1.29, 1.82) is 0 Å². The second-order valence-electron chi connectivity index (χ2n) is 5.69. The molecule has 20 heavy (non-hydrogen) atoms. The fourth-order valence-electron chi connectivity index (χ4n) is 3.35. The molecule has 1 atom stereocenters. The van der Waals surface area contributed by atoms with Gasteiger partial charge in [0.2, 0.25) is 10.0 Å². The molecule has 1 aromatic carbocycles. The molecule has 0 amide bonds. The first-order valence-corrected chi connectivity index (χ1v) is 8.88. The molecular weight excluding hydrogens is 274 g/mol. The fraction of sp³-hybridized carbons (Fsp3) is 0.600. The summed E-state index contributed by atoms with van der Waals surface area (Å²) in [5, 5.41) is 0. The number of hydrogen-bond acceptors (Lipinski definition) is 3. The number of ether oxygens (including phenoxy) is 1. The number of rotatable bonds is 3. The summed E-state index contributed by atoms with van der Waals surface area (Å²) in [6.45, 7) is 0. The molecule has 5 heteroatoms. The highest BCUT2D eigenvalue weighted by Crippen LogP contribution is 2.41. The molecule has 0 bridgehead atoms. The minimum Gasteiger partial charge on any atom is -0.497 e. The predicted molar refractivity (Wildman–Crippen MR) is 78.2 cm³/mol. The van der Waals surface area contributed by atoms with E-state index >= 15 is 0 Å². The van der Waals surface area contributed by atoms with Crippen molar-refractivity contribution in [3.63, 3.8) is 0 Å². The normalized spacial score (nSPS) is 26.9. The smallest absolute Gasteiger partial charge is 0.216 e. The zero-order valence-corrected chi connectivity index (χ0v) is 12.6.